The molecule has 4 atom stereocenters. The van der Waals surface area contributed by atoms with Crippen molar-refractivity contribution in [1.82, 2.24) is 0 Å². The molecule has 0 amide bonds. The standard InChI is InChI=1S/C30H50O7/c1-2-3-4-5-6-8-15-24-19-20-26(31)25(24)16-9-7-12-21-30(29(32)33,36-27-17-10-13-22-34-27)37-28-18-11-14-23-35-28/h8,15,24-25,27-28H,2-7,9-14,16-23H2,1H3,(H,32,33)/b15-8+/t24-,25+,27?,28?,30?/m0/s1. The summed E-state index contributed by atoms with van der Waals surface area (Å²) < 4.78 is 23.5. The van der Waals surface area contributed by atoms with E-state index in [4.69, 9.17) is 18.9 Å². The fraction of sp³-hybridized carbons (Fsp3) is 0.867. The van der Waals surface area contributed by atoms with E-state index < -0.39 is 24.3 Å². The van der Waals surface area contributed by atoms with Crippen LogP contribution in [0.25, 0.3) is 0 Å². The van der Waals surface area contributed by atoms with Crippen molar-refractivity contribution in [3.63, 3.8) is 0 Å². The molecule has 7 nitrogen and oxygen atoms in total. The molecule has 3 rings (SSSR count). The normalized spacial score (nSPS) is 28.5. The molecule has 3 fully saturated rings. The Hall–Kier alpha value is -1.28. The molecule has 7 heteroatoms. The number of hydrogen-bond acceptors (Lipinski definition) is 6. The van der Waals surface area contributed by atoms with Gasteiger partial charge in [-0.3, -0.25) is 4.79 Å². The van der Waals surface area contributed by atoms with Gasteiger partial charge in [0.25, 0.3) is 5.79 Å². The van der Waals surface area contributed by atoms with Crippen LogP contribution in [-0.4, -0.2) is 48.4 Å². The van der Waals surface area contributed by atoms with Crippen molar-refractivity contribution in [3.05, 3.63) is 12.2 Å². The number of ether oxygens (including phenoxy) is 4. The minimum Gasteiger partial charge on any atom is -0.477 e. The second-order valence-corrected chi connectivity index (χ2v) is 11.0. The molecule has 2 heterocycles. The number of allylic oxidation sites excluding steroid dienone is 2. The second kappa shape index (κ2) is 16.6. The summed E-state index contributed by atoms with van der Waals surface area (Å²) in [6.07, 6.45) is 19.8. The van der Waals surface area contributed by atoms with Crippen LogP contribution < -0.4 is 0 Å². The molecule has 2 aliphatic heterocycles. The lowest BCUT2D eigenvalue weighted by molar-refractivity contribution is -0.352. The van der Waals surface area contributed by atoms with Gasteiger partial charge in [-0.2, -0.15) is 0 Å². The third kappa shape index (κ3) is 10.1. The summed E-state index contributed by atoms with van der Waals surface area (Å²) in [5.41, 5.74) is 0. The van der Waals surface area contributed by atoms with Gasteiger partial charge in [0, 0.05) is 32.0 Å². The van der Waals surface area contributed by atoms with Gasteiger partial charge in [0.1, 0.15) is 5.78 Å². The number of Topliss-reactive ketones (excluding diaryl/α,β-unsaturated/α-hetero) is 1. The molecule has 1 N–H and O–H groups in total. The van der Waals surface area contributed by atoms with Gasteiger partial charge in [-0.15, -0.1) is 0 Å². The average molecular weight is 523 g/mol. The summed E-state index contributed by atoms with van der Waals surface area (Å²) >= 11 is 0. The largest absolute Gasteiger partial charge is 0.477 e. The van der Waals surface area contributed by atoms with E-state index >= 15 is 0 Å². The summed E-state index contributed by atoms with van der Waals surface area (Å²) in [5.74, 6) is -2.04. The molecule has 0 radical (unpaired) electrons. The highest BCUT2D eigenvalue weighted by atomic mass is 16.8. The molecule has 1 saturated carbocycles. The molecule has 212 valence electrons. The lowest BCUT2D eigenvalue weighted by Crippen LogP contribution is -2.51. The fourth-order valence-corrected chi connectivity index (χ4v) is 5.78. The molecule has 3 aliphatic rings. The van der Waals surface area contributed by atoms with Gasteiger partial charge < -0.3 is 24.1 Å². The molecule has 2 unspecified atom stereocenters. The van der Waals surface area contributed by atoms with E-state index in [1.807, 2.05) is 0 Å². The van der Waals surface area contributed by atoms with Crippen LogP contribution in [0.4, 0.5) is 0 Å². The first-order chi connectivity index (χ1) is 18.0. The van der Waals surface area contributed by atoms with Crippen LogP contribution in [0.2, 0.25) is 0 Å². The molecule has 0 aromatic carbocycles. The first kappa shape index (κ1) is 30.3. The summed E-state index contributed by atoms with van der Waals surface area (Å²) in [6, 6.07) is 0. The monoisotopic (exact) mass is 522 g/mol. The Morgan fingerprint density at radius 3 is 2.22 bits per heavy atom. The van der Waals surface area contributed by atoms with Gasteiger partial charge in [-0.1, -0.05) is 51.2 Å². The number of aliphatic carboxylic acids is 1. The molecular weight excluding hydrogens is 472 g/mol. The molecule has 0 bridgehead atoms. The Balaban J connectivity index is 1.49. The smallest absolute Gasteiger partial charge is 0.364 e. The highest BCUT2D eigenvalue weighted by Gasteiger charge is 2.46. The Bertz CT molecular complexity index is 674. The molecule has 0 spiro atoms. The predicted octanol–water partition coefficient (Wildman–Crippen LogP) is 6.93. The molecule has 0 aromatic heterocycles. The minimum atomic E-state index is -1.77. The quantitative estimate of drug-likeness (QED) is 0.126. The molecular formula is C30H50O7. The first-order valence-electron chi connectivity index (χ1n) is 15.1. The van der Waals surface area contributed by atoms with E-state index in [2.05, 4.69) is 19.1 Å². The van der Waals surface area contributed by atoms with Gasteiger partial charge in [0.05, 0.1) is 0 Å². The number of hydrogen-bond donors (Lipinski definition) is 1. The summed E-state index contributed by atoms with van der Waals surface area (Å²) in [6.45, 7) is 3.37. The van der Waals surface area contributed by atoms with Crippen molar-refractivity contribution in [2.75, 3.05) is 13.2 Å². The van der Waals surface area contributed by atoms with Crippen molar-refractivity contribution in [3.8, 4) is 0 Å². The number of ketones is 1. The number of carboxylic acids is 1. The second-order valence-electron chi connectivity index (χ2n) is 11.0. The number of rotatable bonds is 17. The maximum Gasteiger partial charge on any atom is 0.364 e. The summed E-state index contributed by atoms with van der Waals surface area (Å²) in [4.78, 5) is 25.0. The number of unbranched alkanes of at least 4 members (excludes halogenated alkanes) is 6. The summed E-state index contributed by atoms with van der Waals surface area (Å²) in [5, 5.41) is 10.2. The third-order valence-corrected chi connectivity index (χ3v) is 8.03. The van der Waals surface area contributed by atoms with Crippen LogP contribution in [-0.2, 0) is 28.5 Å². The zero-order valence-corrected chi connectivity index (χ0v) is 23.0. The van der Waals surface area contributed by atoms with Crippen LogP contribution in [0.15, 0.2) is 12.2 Å². The fourth-order valence-electron chi connectivity index (χ4n) is 5.78. The van der Waals surface area contributed by atoms with E-state index in [-0.39, 0.29) is 12.3 Å². The van der Waals surface area contributed by atoms with Crippen LogP contribution in [0, 0.1) is 11.8 Å². The van der Waals surface area contributed by atoms with Crippen molar-refractivity contribution in [2.24, 2.45) is 11.8 Å². The Morgan fingerprint density at radius 2 is 1.62 bits per heavy atom. The van der Waals surface area contributed by atoms with E-state index in [1.165, 1.54) is 25.7 Å². The van der Waals surface area contributed by atoms with Crippen LogP contribution >= 0.6 is 0 Å². The van der Waals surface area contributed by atoms with Crippen molar-refractivity contribution in [2.45, 2.75) is 141 Å². The van der Waals surface area contributed by atoms with Crippen LogP contribution in [0.1, 0.15) is 122 Å². The lowest BCUT2D eigenvalue weighted by Gasteiger charge is -2.38. The SMILES string of the molecule is CCCCCC/C=C/[C@H]1CCC(=O)[C@@H]1CCCCCC(OC1CCCCO1)(OC1CCCCO1)C(=O)O. The number of carbonyl (C=O) groups excluding carboxylic acids is 1. The van der Waals surface area contributed by atoms with Crippen molar-refractivity contribution in [1.29, 1.82) is 0 Å². The topological polar surface area (TPSA) is 91.3 Å². The first-order valence-corrected chi connectivity index (χ1v) is 15.1. The minimum absolute atomic E-state index is 0.106. The van der Waals surface area contributed by atoms with E-state index in [0.29, 0.717) is 50.6 Å². The Morgan fingerprint density at radius 1 is 0.946 bits per heavy atom. The van der Waals surface area contributed by atoms with Gasteiger partial charge in [0.15, 0.2) is 12.6 Å². The molecule has 37 heavy (non-hydrogen) atoms. The summed E-state index contributed by atoms with van der Waals surface area (Å²) in [7, 11) is 0. The van der Waals surface area contributed by atoms with Gasteiger partial charge in [-0.05, 0) is 76.5 Å². The molecule has 0 aromatic rings. The van der Waals surface area contributed by atoms with E-state index in [1.54, 1.807) is 0 Å². The third-order valence-electron chi connectivity index (χ3n) is 8.03. The zero-order chi connectivity index (χ0) is 26.3. The van der Waals surface area contributed by atoms with Crippen LogP contribution in [0.3, 0.4) is 0 Å². The van der Waals surface area contributed by atoms with Gasteiger partial charge in [-0.25, -0.2) is 4.79 Å². The molecule has 2 saturated heterocycles. The predicted molar refractivity (Wildman–Crippen MR) is 142 cm³/mol. The molecule has 1 aliphatic carbocycles. The van der Waals surface area contributed by atoms with Crippen molar-refractivity contribution >= 4 is 11.8 Å². The van der Waals surface area contributed by atoms with E-state index in [9.17, 15) is 14.7 Å². The van der Waals surface area contributed by atoms with E-state index in [0.717, 1.165) is 57.8 Å². The maximum absolute atomic E-state index is 12.5. The average Bonchev–Trinajstić information content (AvgIpc) is 3.25. The number of carbonyl (C=O) groups is 2. The highest BCUT2D eigenvalue weighted by molar-refractivity contribution is 5.83. The Kier molecular flexibility index (Phi) is 13.6. The van der Waals surface area contributed by atoms with Gasteiger partial charge >= 0.3 is 5.97 Å². The van der Waals surface area contributed by atoms with Crippen LogP contribution in [0.5, 0.6) is 0 Å². The number of carboxylic acid groups (broad SMARTS) is 1. The van der Waals surface area contributed by atoms with Crippen molar-refractivity contribution < 1.29 is 33.6 Å². The highest BCUT2D eigenvalue weighted by Crippen LogP contribution is 2.35. The Labute approximate surface area is 223 Å². The lowest BCUT2D eigenvalue weighted by atomic mass is 9.89. The maximum atomic E-state index is 12.5. The zero-order valence-electron chi connectivity index (χ0n) is 23.0. The van der Waals surface area contributed by atoms with Gasteiger partial charge in [0.2, 0.25) is 0 Å².